The van der Waals surface area contributed by atoms with Gasteiger partial charge in [-0.1, -0.05) is 12.1 Å². The molecule has 1 aliphatic rings. The number of piperidine rings is 1. The first kappa shape index (κ1) is 22.6. The second-order valence-corrected chi connectivity index (χ2v) is 7.80. The summed E-state index contributed by atoms with van der Waals surface area (Å²) in [6.07, 6.45) is -3.17. The number of carbonyl (C=O) groups is 1. The first-order valence-corrected chi connectivity index (χ1v) is 10.6. The number of carbonyl (C=O) groups excluding carboxylic acids is 1. The normalized spacial score (nSPS) is 14.7. The van der Waals surface area contributed by atoms with Crippen LogP contribution in [0, 0.1) is 5.92 Å². The Morgan fingerprint density at radius 3 is 2.30 bits per heavy atom. The predicted octanol–water partition coefficient (Wildman–Crippen LogP) is 5.03. The summed E-state index contributed by atoms with van der Waals surface area (Å²) in [4.78, 5) is 14.6. The molecule has 1 N–H and O–H groups in total. The maximum atomic E-state index is 12.7. The minimum atomic E-state index is -4.40. The van der Waals surface area contributed by atoms with Crippen molar-refractivity contribution in [1.82, 2.24) is 10.2 Å². The van der Waals surface area contributed by atoms with Gasteiger partial charge >= 0.3 is 6.18 Å². The van der Waals surface area contributed by atoms with Crippen LogP contribution in [0.1, 0.15) is 18.4 Å². The van der Waals surface area contributed by atoms with E-state index in [1.807, 2.05) is 36.4 Å². The van der Waals surface area contributed by atoms with Crippen LogP contribution >= 0.6 is 0 Å². The zero-order chi connectivity index (χ0) is 23.4. The van der Waals surface area contributed by atoms with Gasteiger partial charge in [0.2, 0.25) is 5.91 Å². The third-order valence-electron chi connectivity index (χ3n) is 5.70. The lowest BCUT2D eigenvalue weighted by atomic mass is 9.95. The highest BCUT2D eigenvalue weighted by molar-refractivity contribution is 5.92. The van der Waals surface area contributed by atoms with Gasteiger partial charge in [0.25, 0.3) is 0 Å². The average molecular weight is 456 g/mol. The minimum absolute atomic E-state index is 0.188. The molecule has 0 aliphatic carbocycles. The largest absolute Gasteiger partial charge is 0.496 e. The number of methoxy groups -OCH3 is 1. The SMILES string of the molecule is COc1ccccc1-c1ccc(N2CCC(C(=O)Nc3ccc(C(F)(F)F)cc3)CC2)nn1. The molecule has 0 atom stereocenters. The van der Waals surface area contributed by atoms with E-state index in [1.165, 1.54) is 12.1 Å². The van der Waals surface area contributed by atoms with Crippen molar-refractivity contribution in [3.63, 3.8) is 0 Å². The molecule has 2 aromatic carbocycles. The van der Waals surface area contributed by atoms with E-state index in [2.05, 4.69) is 20.4 Å². The van der Waals surface area contributed by atoms with Crippen LogP contribution in [-0.2, 0) is 11.0 Å². The number of para-hydroxylation sites is 1. The Morgan fingerprint density at radius 2 is 1.70 bits per heavy atom. The van der Waals surface area contributed by atoms with Crippen LogP contribution in [-0.4, -0.2) is 36.3 Å². The van der Waals surface area contributed by atoms with Gasteiger partial charge in [0.15, 0.2) is 5.82 Å². The Bertz CT molecular complexity index is 1090. The summed E-state index contributed by atoms with van der Waals surface area (Å²) >= 11 is 0. The van der Waals surface area contributed by atoms with Gasteiger partial charge in [-0.25, -0.2) is 0 Å². The zero-order valence-corrected chi connectivity index (χ0v) is 18.0. The minimum Gasteiger partial charge on any atom is -0.496 e. The highest BCUT2D eigenvalue weighted by atomic mass is 19.4. The fraction of sp³-hybridized carbons (Fsp3) is 0.292. The highest BCUT2D eigenvalue weighted by Crippen LogP contribution is 2.31. The number of amides is 1. The molecule has 1 fully saturated rings. The molecule has 0 radical (unpaired) electrons. The van der Waals surface area contributed by atoms with E-state index < -0.39 is 11.7 Å². The fourth-order valence-electron chi connectivity index (χ4n) is 3.85. The van der Waals surface area contributed by atoms with Gasteiger partial charge in [0, 0.05) is 30.3 Å². The van der Waals surface area contributed by atoms with Crippen molar-refractivity contribution < 1.29 is 22.7 Å². The number of rotatable bonds is 5. The third kappa shape index (κ3) is 5.24. The van der Waals surface area contributed by atoms with Crippen molar-refractivity contribution >= 4 is 17.4 Å². The van der Waals surface area contributed by atoms with Gasteiger partial charge < -0.3 is 15.0 Å². The summed E-state index contributed by atoms with van der Waals surface area (Å²) < 4.78 is 43.4. The molecule has 33 heavy (non-hydrogen) atoms. The molecular formula is C24H23F3N4O2. The molecule has 6 nitrogen and oxygen atoms in total. The van der Waals surface area contributed by atoms with E-state index in [0.717, 1.165) is 29.3 Å². The molecule has 3 aromatic rings. The first-order chi connectivity index (χ1) is 15.8. The van der Waals surface area contributed by atoms with E-state index in [9.17, 15) is 18.0 Å². The van der Waals surface area contributed by atoms with Crippen LogP contribution in [0.15, 0.2) is 60.7 Å². The van der Waals surface area contributed by atoms with Gasteiger partial charge in [-0.3, -0.25) is 4.79 Å². The Morgan fingerprint density at radius 1 is 1.00 bits per heavy atom. The molecular weight excluding hydrogens is 433 g/mol. The van der Waals surface area contributed by atoms with Crippen LogP contribution in [0.2, 0.25) is 0 Å². The number of aromatic nitrogens is 2. The zero-order valence-electron chi connectivity index (χ0n) is 18.0. The third-order valence-corrected chi connectivity index (χ3v) is 5.70. The molecule has 172 valence electrons. The van der Waals surface area contributed by atoms with E-state index >= 15 is 0 Å². The lowest BCUT2D eigenvalue weighted by Crippen LogP contribution is -2.38. The number of hydrogen-bond acceptors (Lipinski definition) is 5. The summed E-state index contributed by atoms with van der Waals surface area (Å²) in [7, 11) is 1.61. The number of halogens is 3. The Hall–Kier alpha value is -3.62. The molecule has 1 aliphatic heterocycles. The van der Waals surface area contributed by atoms with Crippen molar-refractivity contribution in [3.05, 3.63) is 66.2 Å². The lowest BCUT2D eigenvalue weighted by Gasteiger charge is -2.31. The Balaban J connectivity index is 1.33. The number of hydrogen-bond donors (Lipinski definition) is 1. The summed E-state index contributed by atoms with van der Waals surface area (Å²) in [5, 5.41) is 11.4. The van der Waals surface area contributed by atoms with Crippen molar-refractivity contribution in [1.29, 1.82) is 0 Å². The van der Waals surface area contributed by atoms with Crippen LogP contribution in [0.3, 0.4) is 0 Å². The number of benzene rings is 2. The van der Waals surface area contributed by atoms with Crippen molar-refractivity contribution in [2.24, 2.45) is 5.92 Å². The van der Waals surface area contributed by atoms with E-state index in [4.69, 9.17) is 4.74 Å². The van der Waals surface area contributed by atoms with Gasteiger partial charge in [0.1, 0.15) is 5.75 Å². The summed E-state index contributed by atoms with van der Waals surface area (Å²) in [6, 6.07) is 15.9. The number of nitrogens with one attached hydrogen (secondary N) is 1. The number of ether oxygens (including phenoxy) is 1. The number of alkyl halides is 3. The van der Waals surface area contributed by atoms with Crippen molar-refractivity contribution in [2.45, 2.75) is 19.0 Å². The van der Waals surface area contributed by atoms with Crippen molar-refractivity contribution in [3.8, 4) is 17.0 Å². The second-order valence-electron chi connectivity index (χ2n) is 7.80. The van der Waals surface area contributed by atoms with Crippen LogP contribution in [0.25, 0.3) is 11.3 Å². The smallest absolute Gasteiger partial charge is 0.416 e. The topological polar surface area (TPSA) is 67.3 Å². The van der Waals surface area contributed by atoms with Gasteiger partial charge in [-0.2, -0.15) is 13.2 Å². The molecule has 0 unspecified atom stereocenters. The molecule has 0 spiro atoms. The molecule has 9 heteroatoms. The lowest BCUT2D eigenvalue weighted by molar-refractivity contribution is -0.137. The van der Waals surface area contributed by atoms with Gasteiger partial charge in [-0.15, -0.1) is 10.2 Å². The Labute approximate surface area is 189 Å². The summed E-state index contributed by atoms with van der Waals surface area (Å²) in [5.74, 6) is 1.05. The monoisotopic (exact) mass is 456 g/mol. The summed E-state index contributed by atoms with van der Waals surface area (Å²) in [5.41, 5.74) is 1.18. The van der Waals surface area contributed by atoms with Crippen molar-refractivity contribution in [2.75, 3.05) is 30.4 Å². The number of nitrogens with zero attached hydrogens (tertiary/aromatic N) is 3. The molecule has 1 amide bonds. The van der Waals surface area contributed by atoms with Crippen LogP contribution < -0.4 is 15.0 Å². The summed E-state index contributed by atoms with van der Waals surface area (Å²) in [6.45, 7) is 1.27. The standard InChI is InChI=1S/C24H23F3N4O2/c1-33-21-5-3-2-4-19(21)20-10-11-22(30-29-20)31-14-12-16(13-15-31)23(32)28-18-8-6-17(7-9-18)24(25,26)27/h2-11,16H,12-15H2,1H3,(H,28,32). The highest BCUT2D eigenvalue weighted by Gasteiger charge is 2.30. The van der Waals surface area contributed by atoms with Gasteiger partial charge in [-0.05, 0) is 61.4 Å². The Kier molecular flexibility index (Phi) is 6.48. The fourth-order valence-corrected chi connectivity index (χ4v) is 3.85. The quantitative estimate of drug-likeness (QED) is 0.584. The molecule has 1 saturated heterocycles. The maximum absolute atomic E-state index is 12.7. The molecule has 4 rings (SSSR count). The van der Waals surface area contributed by atoms with E-state index in [1.54, 1.807) is 7.11 Å². The molecule has 2 heterocycles. The van der Waals surface area contributed by atoms with E-state index in [-0.39, 0.29) is 11.8 Å². The molecule has 0 bridgehead atoms. The van der Waals surface area contributed by atoms with Crippen LogP contribution in [0.5, 0.6) is 5.75 Å². The number of anilines is 2. The van der Waals surface area contributed by atoms with Crippen LogP contribution in [0.4, 0.5) is 24.7 Å². The molecule has 0 saturated carbocycles. The predicted molar refractivity (Wildman–Crippen MR) is 119 cm³/mol. The average Bonchev–Trinajstić information content (AvgIpc) is 2.84. The second kappa shape index (κ2) is 9.48. The van der Waals surface area contributed by atoms with E-state index in [0.29, 0.717) is 37.3 Å². The molecule has 1 aromatic heterocycles. The van der Waals surface area contributed by atoms with Gasteiger partial charge in [0.05, 0.1) is 18.4 Å². The first-order valence-electron chi connectivity index (χ1n) is 10.6. The maximum Gasteiger partial charge on any atom is 0.416 e.